The molecule has 1 aromatic rings. The lowest BCUT2D eigenvalue weighted by Crippen LogP contribution is -2.31. The summed E-state index contributed by atoms with van der Waals surface area (Å²) in [5.74, 6) is -2.30. The van der Waals surface area contributed by atoms with Crippen LogP contribution in [0.15, 0.2) is 22.7 Å². The first-order valence-corrected chi connectivity index (χ1v) is 5.70. The summed E-state index contributed by atoms with van der Waals surface area (Å²) < 4.78 is 0.658. The van der Waals surface area contributed by atoms with E-state index in [-0.39, 0.29) is 17.9 Å². The number of carbonyl (C=O) groups is 2. The number of carbonyl (C=O) groups excluding carboxylic acids is 1. The molecule has 0 aromatic heterocycles. The first-order chi connectivity index (χ1) is 7.91. The monoisotopic (exact) mass is 301 g/mol. The normalized spacial score (nSPS) is 11.9. The highest BCUT2D eigenvalue weighted by atomic mass is 79.9. The molecule has 0 aliphatic carbocycles. The van der Waals surface area contributed by atoms with E-state index in [9.17, 15) is 14.7 Å². The van der Waals surface area contributed by atoms with Crippen LogP contribution < -0.4 is 5.32 Å². The molecule has 0 bridgehead atoms. The first kappa shape index (κ1) is 13.5. The van der Waals surface area contributed by atoms with E-state index in [2.05, 4.69) is 21.2 Å². The van der Waals surface area contributed by atoms with E-state index in [1.54, 1.807) is 6.07 Å². The molecule has 3 N–H and O–H groups in total. The molecule has 5 nitrogen and oxygen atoms in total. The molecule has 0 fully saturated rings. The smallest absolute Gasteiger partial charge is 0.308 e. The molecule has 0 heterocycles. The van der Waals surface area contributed by atoms with Crippen LogP contribution in [0, 0.1) is 5.92 Å². The van der Waals surface area contributed by atoms with Crippen LogP contribution in [0.4, 0.5) is 0 Å². The molecule has 1 atom stereocenters. The molecule has 1 amide bonds. The van der Waals surface area contributed by atoms with Gasteiger partial charge < -0.3 is 15.5 Å². The van der Waals surface area contributed by atoms with Crippen LogP contribution in [-0.2, 0) is 4.79 Å². The number of benzene rings is 1. The van der Waals surface area contributed by atoms with Crippen molar-refractivity contribution in [1.82, 2.24) is 5.32 Å². The minimum absolute atomic E-state index is 0.0175. The van der Waals surface area contributed by atoms with Gasteiger partial charge in [-0.1, -0.05) is 22.9 Å². The molecular formula is C11H12BrNO4. The molecule has 0 saturated carbocycles. The maximum Gasteiger partial charge on any atom is 0.308 e. The van der Waals surface area contributed by atoms with Gasteiger partial charge in [0.25, 0.3) is 5.91 Å². The summed E-state index contributed by atoms with van der Waals surface area (Å²) in [7, 11) is 0. The minimum Gasteiger partial charge on any atom is -0.507 e. The fraction of sp³-hybridized carbons (Fsp3) is 0.273. The minimum atomic E-state index is -0.981. The van der Waals surface area contributed by atoms with Crippen LogP contribution in [0.25, 0.3) is 0 Å². The first-order valence-electron chi connectivity index (χ1n) is 4.91. The van der Waals surface area contributed by atoms with Gasteiger partial charge in [0.15, 0.2) is 0 Å². The summed E-state index contributed by atoms with van der Waals surface area (Å²) in [4.78, 5) is 22.2. The van der Waals surface area contributed by atoms with E-state index in [4.69, 9.17) is 5.11 Å². The number of amides is 1. The average Bonchev–Trinajstić information content (AvgIpc) is 2.25. The third-order valence-corrected chi connectivity index (χ3v) is 2.69. The molecule has 1 unspecified atom stereocenters. The molecule has 0 aliphatic rings. The zero-order valence-electron chi connectivity index (χ0n) is 9.11. The van der Waals surface area contributed by atoms with E-state index in [0.717, 1.165) is 0 Å². The van der Waals surface area contributed by atoms with Gasteiger partial charge in [-0.2, -0.15) is 0 Å². The third-order valence-electron chi connectivity index (χ3n) is 2.19. The number of nitrogens with one attached hydrogen (secondary N) is 1. The van der Waals surface area contributed by atoms with Gasteiger partial charge in [-0.25, -0.2) is 0 Å². The lowest BCUT2D eigenvalue weighted by Gasteiger charge is -2.09. The molecule has 92 valence electrons. The molecule has 0 saturated heterocycles. The number of aromatic hydroxyl groups is 1. The highest BCUT2D eigenvalue weighted by Gasteiger charge is 2.15. The Labute approximate surface area is 107 Å². The fourth-order valence-electron chi connectivity index (χ4n) is 1.13. The van der Waals surface area contributed by atoms with Gasteiger partial charge in [-0.15, -0.1) is 0 Å². The second-order valence-corrected chi connectivity index (χ2v) is 4.53. The highest BCUT2D eigenvalue weighted by Crippen LogP contribution is 2.22. The van der Waals surface area contributed by atoms with Gasteiger partial charge >= 0.3 is 5.97 Å². The van der Waals surface area contributed by atoms with Crippen molar-refractivity contribution in [1.29, 1.82) is 0 Å². The van der Waals surface area contributed by atoms with E-state index in [1.165, 1.54) is 19.1 Å². The van der Waals surface area contributed by atoms with Crippen molar-refractivity contribution in [2.75, 3.05) is 6.54 Å². The Bertz CT molecular complexity index is 447. The Morgan fingerprint density at radius 2 is 2.12 bits per heavy atom. The Morgan fingerprint density at radius 3 is 2.65 bits per heavy atom. The van der Waals surface area contributed by atoms with Crippen LogP contribution in [0.3, 0.4) is 0 Å². The van der Waals surface area contributed by atoms with E-state index >= 15 is 0 Å². The number of carboxylic acid groups (broad SMARTS) is 1. The lowest BCUT2D eigenvalue weighted by molar-refractivity contribution is -0.140. The van der Waals surface area contributed by atoms with Gasteiger partial charge in [0.05, 0.1) is 11.5 Å². The molecule has 0 aliphatic heterocycles. The summed E-state index contributed by atoms with van der Waals surface area (Å²) in [6, 6.07) is 4.48. The number of hydrogen-bond donors (Lipinski definition) is 3. The zero-order chi connectivity index (χ0) is 13.0. The second-order valence-electron chi connectivity index (χ2n) is 3.61. The van der Waals surface area contributed by atoms with Gasteiger partial charge in [-0.05, 0) is 18.2 Å². The zero-order valence-corrected chi connectivity index (χ0v) is 10.7. The second kappa shape index (κ2) is 5.67. The number of phenols is 1. The largest absolute Gasteiger partial charge is 0.507 e. The predicted octanol–water partition coefficient (Wildman–Crippen LogP) is 1.61. The molecule has 1 rings (SSSR count). The molecule has 1 aromatic carbocycles. The summed E-state index contributed by atoms with van der Waals surface area (Å²) in [5, 5.41) is 20.6. The van der Waals surface area contributed by atoms with Gasteiger partial charge in [-0.3, -0.25) is 9.59 Å². The van der Waals surface area contributed by atoms with Crippen LogP contribution >= 0.6 is 15.9 Å². The van der Waals surface area contributed by atoms with Crippen molar-refractivity contribution in [3.63, 3.8) is 0 Å². The molecule has 0 radical (unpaired) electrons. The van der Waals surface area contributed by atoms with E-state index < -0.39 is 17.8 Å². The van der Waals surface area contributed by atoms with Gasteiger partial charge in [0, 0.05) is 11.0 Å². The van der Waals surface area contributed by atoms with E-state index in [0.29, 0.717) is 4.47 Å². The van der Waals surface area contributed by atoms with Crippen molar-refractivity contribution >= 4 is 27.8 Å². The SMILES string of the molecule is CC(CNC(=O)c1ccc(Br)cc1O)C(=O)O. The molecular weight excluding hydrogens is 290 g/mol. The number of carboxylic acids is 1. The van der Waals surface area contributed by atoms with Crippen LogP contribution in [0.1, 0.15) is 17.3 Å². The molecule has 0 spiro atoms. The topological polar surface area (TPSA) is 86.6 Å². The Hall–Kier alpha value is -1.56. The number of rotatable bonds is 4. The predicted molar refractivity (Wildman–Crippen MR) is 64.9 cm³/mol. The van der Waals surface area contributed by atoms with Crippen molar-refractivity contribution in [3.05, 3.63) is 28.2 Å². The van der Waals surface area contributed by atoms with Crippen LogP contribution in [0.5, 0.6) is 5.75 Å². The van der Waals surface area contributed by atoms with Gasteiger partial charge in [0.2, 0.25) is 0 Å². The Balaban J connectivity index is 2.67. The van der Waals surface area contributed by atoms with Crippen molar-refractivity contribution in [2.45, 2.75) is 6.92 Å². The number of phenolic OH excluding ortho intramolecular Hbond substituents is 1. The summed E-state index contributed by atoms with van der Waals surface area (Å²) in [6.45, 7) is 1.51. The van der Waals surface area contributed by atoms with Crippen molar-refractivity contribution in [2.24, 2.45) is 5.92 Å². The summed E-state index contributed by atoms with van der Waals surface area (Å²) in [5.41, 5.74) is 0.116. The quantitative estimate of drug-likeness (QED) is 0.788. The van der Waals surface area contributed by atoms with Crippen LogP contribution in [-0.4, -0.2) is 28.6 Å². The average molecular weight is 302 g/mol. The lowest BCUT2D eigenvalue weighted by atomic mass is 10.1. The summed E-state index contributed by atoms with van der Waals surface area (Å²) >= 11 is 3.16. The summed E-state index contributed by atoms with van der Waals surface area (Å²) in [6.07, 6.45) is 0. The van der Waals surface area contributed by atoms with Crippen molar-refractivity contribution < 1.29 is 19.8 Å². The third kappa shape index (κ3) is 3.74. The van der Waals surface area contributed by atoms with Gasteiger partial charge in [0.1, 0.15) is 5.75 Å². The number of aliphatic carboxylic acids is 1. The van der Waals surface area contributed by atoms with E-state index in [1.807, 2.05) is 0 Å². The standard InChI is InChI=1S/C11H12BrNO4/c1-6(11(16)17)5-13-10(15)8-3-2-7(12)4-9(8)14/h2-4,6,14H,5H2,1H3,(H,13,15)(H,16,17). The maximum atomic E-state index is 11.6. The number of hydrogen-bond acceptors (Lipinski definition) is 3. The van der Waals surface area contributed by atoms with Crippen LogP contribution in [0.2, 0.25) is 0 Å². The fourth-order valence-corrected chi connectivity index (χ4v) is 1.47. The Kier molecular flexibility index (Phi) is 4.51. The molecule has 17 heavy (non-hydrogen) atoms. The maximum absolute atomic E-state index is 11.6. The Morgan fingerprint density at radius 1 is 1.47 bits per heavy atom. The number of halogens is 1. The van der Waals surface area contributed by atoms with Crippen molar-refractivity contribution in [3.8, 4) is 5.75 Å². The molecule has 6 heteroatoms. The highest BCUT2D eigenvalue weighted by molar-refractivity contribution is 9.10.